The molecule has 15 heavy (non-hydrogen) atoms. The zero-order valence-corrected chi connectivity index (χ0v) is 8.14. The number of halogens is 1. The third-order valence-electron chi connectivity index (χ3n) is 2.11. The topological polar surface area (TPSA) is 34.9 Å². The number of aldehydes is 1. The first kappa shape index (κ1) is 9.58. The standard InChI is InChI=1S/C11H9FN2O/c1-14-5-11(13-7-14)9-3-2-8(6-15)4-10(9)12/h2-7H,1H3. The fraction of sp³-hybridized carbons (Fsp3) is 0.0909. The Labute approximate surface area is 86.2 Å². The first-order chi connectivity index (χ1) is 7.20. The highest BCUT2D eigenvalue weighted by Gasteiger charge is 2.07. The SMILES string of the molecule is Cn1cnc(-c2ccc(C=O)cc2F)c1. The second kappa shape index (κ2) is 3.65. The molecule has 76 valence electrons. The third kappa shape index (κ3) is 1.79. The van der Waals surface area contributed by atoms with Gasteiger partial charge in [0.05, 0.1) is 12.0 Å². The van der Waals surface area contributed by atoms with Crippen LogP contribution in [0.25, 0.3) is 11.3 Å². The van der Waals surface area contributed by atoms with Gasteiger partial charge in [0.2, 0.25) is 0 Å². The minimum Gasteiger partial charge on any atom is -0.340 e. The van der Waals surface area contributed by atoms with E-state index in [1.54, 1.807) is 29.2 Å². The van der Waals surface area contributed by atoms with Crippen molar-refractivity contribution in [2.45, 2.75) is 0 Å². The Balaban J connectivity index is 2.49. The number of benzene rings is 1. The van der Waals surface area contributed by atoms with Crippen LogP contribution >= 0.6 is 0 Å². The molecule has 0 amide bonds. The molecule has 0 unspecified atom stereocenters. The Morgan fingerprint density at radius 1 is 1.47 bits per heavy atom. The molecule has 0 atom stereocenters. The molecule has 0 aliphatic carbocycles. The average molecular weight is 204 g/mol. The summed E-state index contributed by atoms with van der Waals surface area (Å²) in [6.45, 7) is 0. The third-order valence-corrected chi connectivity index (χ3v) is 2.11. The summed E-state index contributed by atoms with van der Waals surface area (Å²) in [6, 6.07) is 4.33. The molecule has 0 fully saturated rings. The van der Waals surface area contributed by atoms with Crippen molar-refractivity contribution >= 4 is 6.29 Å². The molecule has 0 saturated carbocycles. The van der Waals surface area contributed by atoms with Crippen molar-refractivity contribution in [2.75, 3.05) is 0 Å². The lowest BCUT2D eigenvalue weighted by Crippen LogP contribution is -1.88. The van der Waals surface area contributed by atoms with Crippen molar-refractivity contribution in [3.8, 4) is 11.3 Å². The molecule has 1 aromatic heterocycles. The Morgan fingerprint density at radius 3 is 2.80 bits per heavy atom. The monoisotopic (exact) mass is 204 g/mol. The Morgan fingerprint density at radius 2 is 2.27 bits per heavy atom. The molecule has 0 radical (unpaired) electrons. The van der Waals surface area contributed by atoms with Gasteiger partial charge in [0.1, 0.15) is 12.1 Å². The predicted molar refractivity (Wildman–Crippen MR) is 54.0 cm³/mol. The minimum atomic E-state index is -0.432. The first-order valence-corrected chi connectivity index (χ1v) is 4.44. The molecule has 4 heteroatoms. The van der Waals surface area contributed by atoms with Crippen LogP contribution in [-0.2, 0) is 7.05 Å². The predicted octanol–water partition coefficient (Wildman–Crippen LogP) is 2.04. The van der Waals surface area contributed by atoms with E-state index in [0.29, 0.717) is 23.1 Å². The fourth-order valence-corrected chi connectivity index (χ4v) is 1.36. The summed E-state index contributed by atoms with van der Waals surface area (Å²) in [5.41, 5.74) is 1.29. The van der Waals surface area contributed by atoms with Gasteiger partial charge in [0, 0.05) is 24.4 Å². The quantitative estimate of drug-likeness (QED) is 0.701. The van der Waals surface area contributed by atoms with Gasteiger partial charge in [-0.1, -0.05) is 6.07 Å². The number of imidazole rings is 1. The smallest absolute Gasteiger partial charge is 0.150 e. The number of nitrogens with zero attached hydrogens (tertiary/aromatic N) is 2. The number of aryl methyl sites for hydroxylation is 1. The Kier molecular flexibility index (Phi) is 2.33. The highest BCUT2D eigenvalue weighted by Crippen LogP contribution is 2.21. The van der Waals surface area contributed by atoms with Gasteiger partial charge in [-0.2, -0.15) is 0 Å². The Bertz CT molecular complexity index is 505. The number of carbonyl (C=O) groups is 1. The summed E-state index contributed by atoms with van der Waals surface area (Å²) in [4.78, 5) is 14.5. The van der Waals surface area contributed by atoms with Gasteiger partial charge in [-0.25, -0.2) is 9.37 Å². The van der Waals surface area contributed by atoms with Crippen LogP contribution < -0.4 is 0 Å². The van der Waals surface area contributed by atoms with Crippen molar-refractivity contribution in [1.29, 1.82) is 0 Å². The molecule has 0 aliphatic rings. The van der Waals surface area contributed by atoms with E-state index in [-0.39, 0.29) is 0 Å². The summed E-state index contributed by atoms with van der Waals surface area (Å²) in [5.74, 6) is -0.432. The van der Waals surface area contributed by atoms with Crippen LogP contribution in [0.2, 0.25) is 0 Å². The van der Waals surface area contributed by atoms with Crippen LogP contribution in [0, 0.1) is 5.82 Å². The fourth-order valence-electron chi connectivity index (χ4n) is 1.36. The van der Waals surface area contributed by atoms with E-state index in [1.165, 1.54) is 6.07 Å². The number of hydrogen-bond acceptors (Lipinski definition) is 2. The molecule has 0 N–H and O–H groups in total. The number of hydrogen-bond donors (Lipinski definition) is 0. The second-order valence-corrected chi connectivity index (χ2v) is 3.28. The first-order valence-electron chi connectivity index (χ1n) is 4.44. The van der Waals surface area contributed by atoms with Gasteiger partial charge in [-0.15, -0.1) is 0 Å². The molecule has 0 saturated heterocycles. The van der Waals surface area contributed by atoms with Gasteiger partial charge in [-0.05, 0) is 12.1 Å². The van der Waals surface area contributed by atoms with E-state index in [2.05, 4.69) is 4.98 Å². The van der Waals surface area contributed by atoms with Crippen LogP contribution in [0.1, 0.15) is 10.4 Å². The van der Waals surface area contributed by atoms with E-state index in [9.17, 15) is 9.18 Å². The number of rotatable bonds is 2. The number of carbonyl (C=O) groups excluding carboxylic acids is 1. The van der Waals surface area contributed by atoms with E-state index in [4.69, 9.17) is 0 Å². The zero-order valence-electron chi connectivity index (χ0n) is 8.14. The van der Waals surface area contributed by atoms with Crippen molar-refractivity contribution in [3.05, 3.63) is 42.1 Å². The largest absolute Gasteiger partial charge is 0.340 e. The molecule has 2 rings (SSSR count). The van der Waals surface area contributed by atoms with Crippen molar-refractivity contribution in [2.24, 2.45) is 7.05 Å². The second-order valence-electron chi connectivity index (χ2n) is 3.28. The van der Waals surface area contributed by atoms with Gasteiger partial charge in [0.25, 0.3) is 0 Å². The van der Waals surface area contributed by atoms with Gasteiger partial charge in [0.15, 0.2) is 0 Å². The lowest BCUT2D eigenvalue weighted by Gasteiger charge is -1.99. The molecule has 3 nitrogen and oxygen atoms in total. The maximum atomic E-state index is 13.5. The normalized spacial score (nSPS) is 10.3. The van der Waals surface area contributed by atoms with Crippen LogP contribution in [0.4, 0.5) is 4.39 Å². The molecule has 0 spiro atoms. The van der Waals surface area contributed by atoms with E-state index >= 15 is 0 Å². The summed E-state index contributed by atoms with van der Waals surface area (Å²) < 4.78 is 15.3. The Hall–Kier alpha value is -1.97. The maximum absolute atomic E-state index is 13.5. The molecular formula is C11H9FN2O. The van der Waals surface area contributed by atoms with Crippen LogP contribution in [0.5, 0.6) is 0 Å². The van der Waals surface area contributed by atoms with Gasteiger partial charge >= 0.3 is 0 Å². The molecule has 0 aliphatic heterocycles. The van der Waals surface area contributed by atoms with Crippen LogP contribution in [0.15, 0.2) is 30.7 Å². The molecule has 1 aromatic carbocycles. The lowest BCUT2D eigenvalue weighted by molar-refractivity contribution is 0.112. The molecular weight excluding hydrogens is 195 g/mol. The van der Waals surface area contributed by atoms with Crippen LogP contribution in [-0.4, -0.2) is 15.8 Å². The van der Waals surface area contributed by atoms with Gasteiger partial charge < -0.3 is 4.57 Å². The zero-order chi connectivity index (χ0) is 10.8. The van der Waals surface area contributed by atoms with Crippen LogP contribution in [0.3, 0.4) is 0 Å². The summed E-state index contributed by atoms with van der Waals surface area (Å²) >= 11 is 0. The summed E-state index contributed by atoms with van der Waals surface area (Å²) in [5, 5.41) is 0. The minimum absolute atomic E-state index is 0.326. The molecule has 0 bridgehead atoms. The summed E-state index contributed by atoms with van der Waals surface area (Å²) in [6.07, 6.45) is 3.94. The van der Waals surface area contributed by atoms with Crippen molar-refractivity contribution in [1.82, 2.24) is 9.55 Å². The van der Waals surface area contributed by atoms with E-state index < -0.39 is 5.82 Å². The summed E-state index contributed by atoms with van der Waals surface area (Å²) in [7, 11) is 1.81. The highest BCUT2D eigenvalue weighted by molar-refractivity contribution is 5.76. The number of aromatic nitrogens is 2. The highest BCUT2D eigenvalue weighted by atomic mass is 19.1. The van der Waals surface area contributed by atoms with E-state index in [0.717, 1.165) is 0 Å². The van der Waals surface area contributed by atoms with Gasteiger partial charge in [-0.3, -0.25) is 4.79 Å². The molecule has 1 heterocycles. The average Bonchev–Trinajstić information content (AvgIpc) is 2.64. The molecule has 2 aromatic rings. The maximum Gasteiger partial charge on any atom is 0.150 e. The van der Waals surface area contributed by atoms with Crippen molar-refractivity contribution < 1.29 is 9.18 Å². The van der Waals surface area contributed by atoms with Crippen molar-refractivity contribution in [3.63, 3.8) is 0 Å². The lowest BCUT2D eigenvalue weighted by atomic mass is 10.1. The van der Waals surface area contributed by atoms with E-state index in [1.807, 2.05) is 7.05 Å².